The SMILES string of the molecule is CCCNCc1nc(N(C)c2ccccc2)ccc1Cl. The van der Waals surface area contributed by atoms with Crippen LogP contribution < -0.4 is 10.2 Å². The van der Waals surface area contributed by atoms with Crippen LogP contribution in [-0.2, 0) is 6.54 Å². The number of anilines is 2. The third kappa shape index (κ3) is 3.71. The van der Waals surface area contributed by atoms with Crippen molar-refractivity contribution in [1.29, 1.82) is 0 Å². The lowest BCUT2D eigenvalue weighted by Gasteiger charge is -2.19. The highest BCUT2D eigenvalue weighted by Crippen LogP contribution is 2.24. The van der Waals surface area contributed by atoms with Gasteiger partial charge in [-0.05, 0) is 37.2 Å². The van der Waals surface area contributed by atoms with E-state index < -0.39 is 0 Å². The van der Waals surface area contributed by atoms with Crippen molar-refractivity contribution in [3.05, 3.63) is 53.2 Å². The minimum absolute atomic E-state index is 0.698. The largest absolute Gasteiger partial charge is 0.329 e. The van der Waals surface area contributed by atoms with Crippen LogP contribution in [0.1, 0.15) is 19.0 Å². The molecule has 0 aliphatic rings. The van der Waals surface area contributed by atoms with Crippen LogP contribution in [0.2, 0.25) is 5.02 Å². The van der Waals surface area contributed by atoms with Crippen LogP contribution in [0.5, 0.6) is 0 Å². The molecule has 0 saturated heterocycles. The fourth-order valence-electron chi connectivity index (χ4n) is 1.95. The van der Waals surface area contributed by atoms with Gasteiger partial charge in [-0.2, -0.15) is 0 Å². The van der Waals surface area contributed by atoms with Crippen LogP contribution in [0.15, 0.2) is 42.5 Å². The fourth-order valence-corrected chi connectivity index (χ4v) is 2.12. The van der Waals surface area contributed by atoms with Gasteiger partial charge in [0.2, 0.25) is 0 Å². The van der Waals surface area contributed by atoms with Crippen molar-refractivity contribution in [2.24, 2.45) is 0 Å². The van der Waals surface area contributed by atoms with E-state index in [-0.39, 0.29) is 0 Å². The molecule has 20 heavy (non-hydrogen) atoms. The van der Waals surface area contributed by atoms with Gasteiger partial charge >= 0.3 is 0 Å². The molecule has 0 amide bonds. The molecule has 0 radical (unpaired) electrons. The highest BCUT2D eigenvalue weighted by molar-refractivity contribution is 6.31. The summed E-state index contributed by atoms with van der Waals surface area (Å²) in [5, 5.41) is 4.04. The van der Waals surface area contributed by atoms with Crippen molar-refractivity contribution in [2.45, 2.75) is 19.9 Å². The second kappa shape index (κ2) is 7.27. The molecule has 0 saturated carbocycles. The number of halogens is 1. The Hall–Kier alpha value is -1.58. The second-order valence-electron chi connectivity index (χ2n) is 4.67. The monoisotopic (exact) mass is 289 g/mol. The van der Waals surface area contributed by atoms with Gasteiger partial charge in [0.05, 0.1) is 10.7 Å². The van der Waals surface area contributed by atoms with Gasteiger partial charge in [0, 0.05) is 19.3 Å². The molecule has 0 fully saturated rings. The number of hydrogen-bond acceptors (Lipinski definition) is 3. The van der Waals surface area contributed by atoms with Crippen LogP contribution in [0.3, 0.4) is 0 Å². The van der Waals surface area contributed by atoms with Gasteiger partial charge in [0.25, 0.3) is 0 Å². The Morgan fingerprint density at radius 1 is 1.15 bits per heavy atom. The van der Waals surface area contributed by atoms with Crippen molar-refractivity contribution < 1.29 is 0 Å². The van der Waals surface area contributed by atoms with E-state index in [1.807, 2.05) is 37.4 Å². The molecule has 0 aliphatic heterocycles. The van der Waals surface area contributed by atoms with Crippen LogP contribution in [0.4, 0.5) is 11.5 Å². The minimum atomic E-state index is 0.698. The summed E-state index contributed by atoms with van der Waals surface area (Å²) >= 11 is 6.20. The van der Waals surface area contributed by atoms with Gasteiger partial charge in [0.1, 0.15) is 5.82 Å². The summed E-state index contributed by atoms with van der Waals surface area (Å²) in [4.78, 5) is 6.71. The lowest BCUT2D eigenvalue weighted by Crippen LogP contribution is -2.17. The van der Waals surface area contributed by atoms with Crippen LogP contribution in [0.25, 0.3) is 0 Å². The number of nitrogens with one attached hydrogen (secondary N) is 1. The lowest BCUT2D eigenvalue weighted by molar-refractivity contribution is 0.664. The van der Waals surface area contributed by atoms with E-state index in [1.54, 1.807) is 0 Å². The molecule has 0 spiro atoms. The number of rotatable bonds is 6. The van der Waals surface area contributed by atoms with E-state index in [1.165, 1.54) is 0 Å². The molecule has 0 aliphatic carbocycles. The minimum Gasteiger partial charge on any atom is -0.329 e. The van der Waals surface area contributed by atoms with Gasteiger partial charge < -0.3 is 10.2 Å². The molecular weight excluding hydrogens is 270 g/mol. The summed E-state index contributed by atoms with van der Waals surface area (Å²) in [6.45, 7) is 3.81. The molecular formula is C16H20ClN3. The molecule has 106 valence electrons. The predicted octanol–water partition coefficient (Wildman–Crippen LogP) is 4.00. The normalized spacial score (nSPS) is 10.6. The molecule has 0 unspecified atom stereocenters. The van der Waals surface area contributed by atoms with Crippen molar-refractivity contribution in [3.8, 4) is 0 Å². The van der Waals surface area contributed by atoms with Gasteiger partial charge in [-0.25, -0.2) is 4.98 Å². The molecule has 1 aromatic heterocycles. The Labute approximate surface area is 125 Å². The molecule has 3 nitrogen and oxygen atoms in total. The molecule has 1 aromatic carbocycles. The maximum atomic E-state index is 6.20. The second-order valence-corrected chi connectivity index (χ2v) is 5.08. The van der Waals surface area contributed by atoms with Crippen molar-refractivity contribution in [2.75, 3.05) is 18.5 Å². The fraction of sp³-hybridized carbons (Fsp3) is 0.312. The van der Waals surface area contributed by atoms with E-state index in [0.29, 0.717) is 11.6 Å². The van der Waals surface area contributed by atoms with Crippen LogP contribution in [-0.4, -0.2) is 18.6 Å². The Morgan fingerprint density at radius 2 is 1.90 bits per heavy atom. The summed E-state index contributed by atoms with van der Waals surface area (Å²) in [6, 6.07) is 14.0. The molecule has 0 atom stereocenters. The third-order valence-corrected chi connectivity index (χ3v) is 3.45. The standard InChI is InChI=1S/C16H20ClN3/c1-3-11-18-12-15-14(17)9-10-16(19-15)20(2)13-7-5-4-6-8-13/h4-10,18H,3,11-12H2,1-2H3. The van der Waals surface area contributed by atoms with E-state index in [9.17, 15) is 0 Å². The smallest absolute Gasteiger partial charge is 0.133 e. The zero-order valence-corrected chi connectivity index (χ0v) is 12.7. The van der Waals surface area contributed by atoms with Crippen LogP contribution >= 0.6 is 11.6 Å². The van der Waals surface area contributed by atoms with Crippen molar-refractivity contribution in [3.63, 3.8) is 0 Å². The molecule has 4 heteroatoms. The number of benzene rings is 1. The quantitative estimate of drug-likeness (QED) is 0.815. The van der Waals surface area contributed by atoms with E-state index >= 15 is 0 Å². The van der Waals surface area contributed by atoms with Gasteiger partial charge in [-0.15, -0.1) is 0 Å². The van der Waals surface area contributed by atoms with E-state index in [0.717, 1.165) is 30.2 Å². The van der Waals surface area contributed by atoms with Gasteiger partial charge in [-0.1, -0.05) is 36.7 Å². The maximum absolute atomic E-state index is 6.20. The van der Waals surface area contributed by atoms with Crippen molar-refractivity contribution >= 4 is 23.1 Å². The topological polar surface area (TPSA) is 28.2 Å². The van der Waals surface area contributed by atoms with E-state index in [4.69, 9.17) is 11.6 Å². The first-order valence-corrected chi connectivity index (χ1v) is 7.25. The number of nitrogens with zero attached hydrogens (tertiary/aromatic N) is 2. The molecule has 1 heterocycles. The number of hydrogen-bond donors (Lipinski definition) is 1. The average Bonchev–Trinajstić information content (AvgIpc) is 2.49. The summed E-state index contributed by atoms with van der Waals surface area (Å²) in [5.74, 6) is 0.897. The zero-order valence-electron chi connectivity index (χ0n) is 11.9. The van der Waals surface area contributed by atoms with E-state index in [2.05, 4.69) is 34.3 Å². The molecule has 0 bridgehead atoms. The molecule has 2 aromatic rings. The Balaban J connectivity index is 2.18. The Morgan fingerprint density at radius 3 is 2.60 bits per heavy atom. The van der Waals surface area contributed by atoms with Crippen molar-refractivity contribution in [1.82, 2.24) is 10.3 Å². The first-order chi connectivity index (χ1) is 9.72. The predicted molar refractivity (Wildman–Crippen MR) is 85.7 cm³/mol. The van der Waals surface area contributed by atoms with Gasteiger partial charge in [-0.3, -0.25) is 0 Å². The highest BCUT2D eigenvalue weighted by Gasteiger charge is 2.08. The summed E-state index contributed by atoms with van der Waals surface area (Å²) in [7, 11) is 2.01. The summed E-state index contributed by atoms with van der Waals surface area (Å²) < 4.78 is 0. The maximum Gasteiger partial charge on any atom is 0.133 e. The first-order valence-electron chi connectivity index (χ1n) is 6.87. The highest BCUT2D eigenvalue weighted by atomic mass is 35.5. The number of pyridine rings is 1. The van der Waals surface area contributed by atoms with Gasteiger partial charge in [0.15, 0.2) is 0 Å². The first kappa shape index (κ1) is 14.8. The Kier molecular flexibility index (Phi) is 5.39. The summed E-state index contributed by atoms with van der Waals surface area (Å²) in [6.07, 6.45) is 1.10. The average molecular weight is 290 g/mol. The third-order valence-electron chi connectivity index (χ3n) is 3.11. The lowest BCUT2D eigenvalue weighted by atomic mass is 10.3. The van der Waals surface area contributed by atoms with Crippen LogP contribution in [0, 0.1) is 0 Å². The number of para-hydroxylation sites is 1. The zero-order chi connectivity index (χ0) is 14.4. The number of aromatic nitrogens is 1. The Bertz CT molecular complexity index is 543. The molecule has 2 rings (SSSR count). The summed E-state index contributed by atoms with van der Waals surface area (Å²) in [5.41, 5.74) is 2.00. The molecule has 1 N–H and O–H groups in total.